The minimum Gasteiger partial charge on any atom is -0.474 e. The van der Waals surface area contributed by atoms with Crippen LogP contribution in [0.2, 0.25) is 0 Å². The molecule has 0 radical (unpaired) electrons. The van der Waals surface area contributed by atoms with Crippen molar-refractivity contribution in [2.24, 2.45) is 0 Å². The number of fused-ring (bicyclic) bond motifs is 1. The number of carbonyl (C=O) groups excluding carboxylic acids is 1. The molecule has 0 aliphatic heterocycles. The molecule has 1 heterocycles. The molecule has 6 heteroatoms. The Morgan fingerprint density at radius 1 is 1.06 bits per heavy atom. The van der Waals surface area contributed by atoms with Crippen molar-refractivity contribution in [3.8, 4) is 5.88 Å². The number of nitrogens with zero attached hydrogens (tertiary/aromatic N) is 3. The fourth-order valence-electron chi connectivity index (χ4n) is 4.75. The highest BCUT2D eigenvalue weighted by atomic mass is 19.1. The maximum Gasteiger partial charge on any atom is 0.235 e. The van der Waals surface area contributed by atoms with E-state index < -0.39 is 0 Å². The Balaban J connectivity index is 1.51. The highest BCUT2D eigenvalue weighted by molar-refractivity contribution is 5.77. The average Bonchev–Trinajstić information content (AvgIpc) is 3.32. The summed E-state index contributed by atoms with van der Waals surface area (Å²) < 4.78 is 19.3. The molecule has 0 N–H and O–H groups in total. The van der Waals surface area contributed by atoms with Gasteiger partial charge in [0, 0.05) is 12.6 Å². The monoisotopic (exact) mass is 475 g/mol. The van der Waals surface area contributed by atoms with Gasteiger partial charge in [-0.1, -0.05) is 37.3 Å². The van der Waals surface area contributed by atoms with Crippen LogP contribution >= 0.6 is 0 Å². The summed E-state index contributed by atoms with van der Waals surface area (Å²) in [6, 6.07) is 12.9. The summed E-state index contributed by atoms with van der Waals surface area (Å²) in [5, 5.41) is 0. The van der Waals surface area contributed by atoms with Gasteiger partial charge in [-0.05, 0) is 80.3 Å². The second-order valence-corrected chi connectivity index (χ2v) is 9.55. The molecular weight excluding hydrogens is 441 g/mol. The third-order valence-electron chi connectivity index (χ3n) is 6.92. The highest BCUT2D eigenvalue weighted by Crippen LogP contribution is 2.29. The quantitative estimate of drug-likeness (QED) is 0.388. The first-order valence-electron chi connectivity index (χ1n) is 12.4. The van der Waals surface area contributed by atoms with Crippen molar-refractivity contribution in [1.29, 1.82) is 0 Å². The largest absolute Gasteiger partial charge is 0.474 e. The lowest BCUT2D eigenvalue weighted by Gasteiger charge is -2.31. The van der Waals surface area contributed by atoms with E-state index in [0.717, 1.165) is 35.4 Å². The van der Waals surface area contributed by atoms with E-state index in [9.17, 15) is 9.18 Å². The number of halogens is 1. The molecule has 5 nitrogen and oxygen atoms in total. The summed E-state index contributed by atoms with van der Waals surface area (Å²) >= 11 is 0. The smallest absolute Gasteiger partial charge is 0.235 e. The maximum absolute atomic E-state index is 13.6. The topological polar surface area (TPSA) is 55.3 Å². The van der Waals surface area contributed by atoms with Crippen LogP contribution in [0.25, 0.3) is 0 Å². The van der Waals surface area contributed by atoms with Crippen molar-refractivity contribution < 1.29 is 13.9 Å². The number of ether oxygens (including phenoxy) is 1. The molecule has 1 aliphatic rings. The van der Waals surface area contributed by atoms with Crippen molar-refractivity contribution in [3.63, 3.8) is 0 Å². The summed E-state index contributed by atoms with van der Waals surface area (Å²) in [7, 11) is 0. The molecule has 35 heavy (non-hydrogen) atoms. The third-order valence-corrected chi connectivity index (χ3v) is 6.92. The van der Waals surface area contributed by atoms with E-state index in [4.69, 9.17) is 4.74 Å². The van der Waals surface area contributed by atoms with E-state index in [1.54, 1.807) is 18.3 Å². The van der Waals surface area contributed by atoms with Gasteiger partial charge in [0.15, 0.2) is 0 Å². The van der Waals surface area contributed by atoms with E-state index in [-0.39, 0.29) is 23.7 Å². The van der Waals surface area contributed by atoms with Crippen LogP contribution in [0.5, 0.6) is 5.88 Å². The minimum absolute atomic E-state index is 0.0244. The van der Waals surface area contributed by atoms with E-state index in [1.807, 2.05) is 25.7 Å². The summed E-state index contributed by atoms with van der Waals surface area (Å²) in [6.07, 6.45) is 5.47. The summed E-state index contributed by atoms with van der Waals surface area (Å²) in [5.74, 6) is 0.252. The number of aromatic nitrogens is 2. The van der Waals surface area contributed by atoms with Gasteiger partial charge >= 0.3 is 0 Å². The van der Waals surface area contributed by atoms with Gasteiger partial charge in [-0.3, -0.25) is 9.78 Å². The van der Waals surface area contributed by atoms with E-state index in [0.29, 0.717) is 25.5 Å². The number of benzene rings is 2. The first-order chi connectivity index (χ1) is 16.8. The highest BCUT2D eigenvalue weighted by Gasteiger charge is 2.25. The number of hydrogen-bond acceptors (Lipinski definition) is 4. The van der Waals surface area contributed by atoms with Gasteiger partial charge in [0.1, 0.15) is 12.4 Å². The van der Waals surface area contributed by atoms with Crippen LogP contribution in [0.4, 0.5) is 4.39 Å². The molecule has 184 valence electrons. The number of carbonyl (C=O) groups is 1. The molecule has 2 atom stereocenters. The lowest BCUT2D eigenvalue weighted by molar-refractivity contribution is -0.134. The molecule has 0 spiro atoms. The summed E-state index contributed by atoms with van der Waals surface area (Å²) in [6.45, 7) is 8.58. The molecule has 1 aliphatic carbocycles. The van der Waals surface area contributed by atoms with Gasteiger partial charge in [-0.15, -0.1) is 0 Å². The standard InChI is InChI=1S/C29H34FN3O2/c1-19(23-10-12-27(30)13-11-23)16-28(34)33(14-15-35-29-21(3)31-18-20(2)32-29)22(4)25-9-8-24-6-5-7-26(24)17-25/h8-13,17-19,22H,5-7,14-16H2,1-4H3. The first kappa shape index (κ1) is 24.8. The Kier molecular flexibility index (Phi) is 7.79. The van der Waals surface area contributed by atoms with Gasteiger partial charge in [0.05, 0.1) is 24.0 Å². The summed E-state index contributed by atoms with van der Waals surface area (Å²) in [4.78, 5) is 24.2. The van der Waals surface area contributed by atoms with Crippen LogP contribution in [-0.2, 0) is 17.6 Å². The molecule has 2 aromatic carbocycles. The Morgan fingerprint density at radius 2 is 1.77 bits per heavy atom. The lowest BCUT2D eigenvalue weighted by atomic mass is 9.96. The number of rotatable bonds is 9. The van der Waals surface area contributed by atoms with Gasteiger partial charge in [-0.2, -0.15) is 0 Å². The van der Waals surface area contributed by atoms with Crippen LogP contribution in [0, 0.1) is 19.7 Å². The minimum atomic E-state index is -0.272. The van der Waals surface area contributed by atoms with E-state index in [2.05, 4.69) is 35.1 Å². The Bertz CT molecular complexity index is 1180. The molecule has 0 saturated carbocycles. The molecule has 4 rings (SSSR count). The predicted octanol–water partition coefficient (Wildman–Crippen LogP) is 5.88. The second-order valence-electron chi connectivity index (χ2n) is 9.55. The van der Waals surface area contributed by atoms with Crippen molar-refractivity contribution in [2.45, 2.75) is 65.3 Å². The zero-order chi connectivity index (χ0) is 24.9. The van der Waals surface area contributed by atoms with Crippen LogP contribution in [-0.4, -0.2) is 33.9 Å². The van der Waals surface area contributed by atoms with Crippen molar-refractivity contribution in [1.82, 2.24) is 14.9 Å². The van der Waals surface area contributed by atoms with E-state index in [1.165, 1.54) is 29.7 Å². The Hall–Kier alpha value is -3.28. The van der Waals surface area contributed by atoms with Crippen LogP contribution in [0.1, 0.15) is 72.3 Å². The van der Waals surface area contributed by atoms with Crippen LogP contribution < -0.4 is 4.74 Å². The zero-order valence-corrected chi connectivity index (χ0v) is 21.1. The number of hydrogen-bond donors (Lipinski definition) is 0. The third kappa shape index (κ3) is 6.05. The van der Waals surface area contributed by atoms with Crippen LogP contribution in [0.3, 0.4) is 0 Å². The van der Waals surface area contributed by atoms with Gasteiger partial charge in [-0.25, -0.2) is 9.37 Å². The number of amides is 1. The average molecular weight is 476 g/mol. The second kappa shape index (κ2) is 11.0. The molecular formula is C29H34FN3O2. The van der Waals surface area contributed by atoms with Gasteiger partial charge in [0.2, 0.25) is 11.8 Å². The molecule has 0 fully saturated rings. The predicted molar refractivity (Wildman–Crippen MR) is 135 cm³/mol. The maximum atomic E-state index is 13.6. The lowest BCUT2D eigenvalue weighted by Crippen LogP contribution is -2.37. The zero-order valence-electron chi connectivity index (χ0n) is 21.1. The fourth-order valence-corrected chi connectivity index (χ4v) is 4.75. The molecule has 1 aromatic heterocycles. The van der Waals surface area contributed by atoms with Gasteiger partial charge < -0.3 is 9.64 Å². The number of aryl methyl sites for hydroxylation is 4. The SMILES string of the molecule is Cc1cnc(C)c(OCCN(C(=O)CC(C)c2ccc(F)cc2)C(C)c2ccc3c(c2)CCC3)n1. The molecule has 1 amide bonds. The van der Waals surface area contributed by atoms with E-state index >= 15 is 0 Å². The summed E-state index contributed by atoms with van der Waals surface area (Å²) in [5.41, 5.74) is 6.42. The molecule has 0 saturated heterocycles. The van der Waals surface area contributed by atoms with Crippen molar-refractivity contribution >= 4 is 5.91 Å². The molecule has 3 aromatic rings. The fraction of sp³-hybridized carbons (Fsp3) is 0.414. The van der Waals surface area contributed by atoms with Gasteiger partial charge in [0.25, 0.3) is 0 Å². The van der Waals surface area contributed by atoms with Crippen LogP contribution in [0.15, 0.2) is 48.7 Å². The molecule has 0 bridgehead atoms. The molecule has 2 unspecified atom stereocenters. The first-order valence-corrected chi connectivity index (χ1v) is 12.4. The Morgan fingerprint density at radius 3 is 2.54 bits per heavy atom. The van der Waals surface area contributed by atoms with Crippen molar-refractivity contribution in [3.05, 3.63) is 88.1 Å². The van der Waals surface area contributed by atoms with Crippen molar-refractivity contribution in [2.75, 3.05) is 13.2 Å². The Labute approximate surface area is 207 Å². The normalized spacial score (nSPS) is 14.3.